The van der Waals surface area contributed by atoms with Gasteiger partial charge in [0.15, 0.2) is 0 Å². The van der Waals surface area contributed by atoms with Gasteiger partial charge in [0.05, 0.1) is 28.8 Å². The van der Waals surface area contributed by atoms with Crippen LogP contribution in [0.15, 0.2) is 30.6 Å². The van der Waals surface area contributed by atoms with Gasteiger partial charge in [-0.2, -0.15) is 0 Å². The molecule has 1 aliphatic carbocycles. The number of nitrogens with two attached hydrogens (primary N) is 1. The first-order valence-electron chi connectivity index (χ1n) is 10.7. The van der Waals surface area contributed by atoms with Gasteiger partial charge in [-0.05, 0) is 37.8 Å². The summed E-state index contributed by atoms with van der Waals surface area (Å²) >= 11 is 0. The fourth-order valence-corrected chi connectivity index (χ4v) is 5.21. The van der Waals surface area contributed by atoms with Crippen molar-refractivity contribution in [3.05, 3.63) is 47.4 Å². The van der Waals surface area contributed by atoms with Crippen LogP contribution in [0.4, 0.5) is 17.2 Å². The molecule has 7 heteroatoms. The highest BCUT2D eigenvalue weighted by atomic mass is 16.1. The number of nitrogens with one attached hydrogen (secondary N) is 1. The predicted octanol–water partition coefficient (Wildman–Crippen LogP) is 2.82. The van der Waals surface area contributed by atoms with Crippen molar-refractivity contribution in [1.29, 1.82) is 0 Å². The van der Waals surface area contributed by atoms with Crippen LogP contribution < -0.4 is 20.9 Å². The number of hydrogen-bond acceptors (Lipinski definition) is 6. The Balaban J connectivity index is 1.37. The quantitative estimate of drug-likeness (QED) is 0.797. The lowest BCUT2D eigenvalue weighted by Gasteiger charge is -2.40. The molecule has 7 nitrogen and oxygen atoms in total. The standard InChI is InChI=1S/C23H28N6O/c1-28(2)17-8-9-21(26-12-17)29-15-6-7-16(29)11-14(10-15)27-22-18-4-3-5-20(18)25-13-19(22)23(24)30/h3-4,8-9,12-16H,5-7,10-11H2,1-2H3,(H2,24,30)(H,25,27)/t14?,15-,16+. The number of amides is 1. The first kappa shape index (κ1) is 18.9. The SMILES string of the molecule is CN(C)c1ccc(N2[C@@H]3CC[C@H]2CC(Nc2c(C(N)=O)cnc4c2C=CC4)C3)nc1. The number of carbonyl (C=O) groups is 1. The maximum atomic E-state index is 12.0. The zero-order valence-electron chi connectivity index (χ0n) is 17.5. The highest BCUT2D eigenvalue weighted by Crippen LogP contribution is 2.40. The maximum absolute atomic E-state index is 12.0. The molecule has 3 atom stereocenters. The molecule has 0 aromatic carbocycles. The molecule has 2 saturated heterocycles. The number of anilines is 3. The van der Waals surface area contributed by atoms with E-state index in [4.69, 9.17) is 10.7 Å². The first-order chi connectivity index (χ1) is 14.5. The van der Waals surface area contributed by atoms with E-state index in [0.29, 0.717) is 23.7 Å². The van der Waals surface area contributed by atoms with E-state index in [1.54, 1.807) is 6.20 Å². The van der Waals surface area contributed by atoms with E-state index in [1.807, 2.05) is 20.3 Å². The Morgan fingerprint density at radius 3 is 2.57 bits per heavy atom. The summed E-state index contributed by atoms with van der Waals surface area (Å²) in [7, 11) is 4.06. The Hall–Kier alpha value is -3.09. The third-order valence-electron chi connectivity index (χ3n) is 6.65. The summed E-state index contributed by atoms with van der Waals surface area (Å²) in [5.41, 5.74) is 10.1. The van der Waals surface area contributed by atoms with Gasteiger partial charge < -0.3 is 20.9 Å². The van der Waals surface area contributed by atoms with Crippen molar-refractivity contribution in [3.8, 4) is 0 Å². The Bertz CT molecular complexity index is 985. The lowest BCUT2D eigenvalue weighted by Crippen LogP contribution is -2.47. The summed E-state index contributed by atoms with van der Waals surface area (Å²) in [5, 5.41) is 3.68. The molecular formula is C23H28N6O. The molecule has 2 fully saturated rings. The third-order valence-corrected chi connectivity index (χ3v) is 6.65. The molecule has 2 aromatic rings. The van der Waals surface area contributed by atoms with Gasteiger partial charge in [-0.15, -0.1) is 0 Å². The van der Waals surface area contributed by atoms with E-state index in [2.05, 4.69) is 44.4 Å². The summed E-state index contributed by atoms with van der Waals surface area (Å²) in [6.45, 7) is 0. The number of fused-ring (bicyclic) bond motifs is 3. The van der Waals surface area contributed by atoms with Gasteiger partial charge in [0, 0.05) is 50.4 Å². The van der Waals surface area contributed by atoms with E-state index in [-0.39, 0.29) is 0 Å². The minimum Gasteiger partial charge on any atom is -0.381 e. The van der Waals surface area contributed by atoms with Gasteiger partial charge in [0.25, 0.3) is 5.91 Å². The summed E-state index contributed by atoms with van der Waals surface area (Å²) < 4.78 is 0. The molecule has 156 valence electrons. The van der Waals surface area contributed by atoms with Crippen molar-refractivity contribution in [1.82, 2.24) is 9.97 Å². The van der Waals surface area contributed by atoms with E-state index in [0.717, 1.165) is 47.7 Å². The van der Waals surface area contributed by atoms with Crippen LogP contribution in [-0.2, 0) is 6.42 Å². The molecule has 5 rings (SSSR count). The average molecular weight is 405 g/mol. The average Bonchev–Trinajstić information content (AvgIpc) is 3.31. The van der Waals surface area contributed by atoms with Crippen molar-refractivity contribution in [3.63, 3.8) is 0 Å². The minimum atomic E-state index is -0.432. The van der Waals surface area contributed by atoms with Gasteiger partial charge in [0.1, 0.15) is 5.82 Å². The number of nitrogens with zero attached hydrogens (tertiary/aromatic N) is 4. The molecule has 4 heterocycles. The van der Waals surface area contributed by atoms with Gasteiger partial charge in [0.2, 0.25) is 0 Å². The number of hydrogen-bond donors (Lipinski definition) is 2. The van der Waals surface area contributed by atoms with Crippen LogP contribution in [0.3, 0.4) is 0 Å². The number of carbonyl (C=O) groups excluding carboxylic acids is 1. The van der Waals surface area contributed by atoms with Crippen molar-refractivity contribution in [2.24, 2.45) is 5.73 Å². The minimum absolute atomic E-state index is 0.304. The van der Waals surface area contributed by atoms with Crippen LogP contribution in [-0.4, -0.2) is 48.1 Å². The van der Waals surface area contributed by atoms with E-state index in [9.17, 15) is 4.79 Å². The van der Waals surface area contributed by atoms with Crippen molar-refractivity contribution >= 4 is 29.2 Å². The van der Waals surface area contributed by atoms with Crippen molar-refractivity contribution < 1.29 is 4.79 Å². The van der Waals surface area contributed by atoms with Crippen LogP contribution in [0.25, 0.3) is 6.08 Å². The van der Waals surface area contributed by atoms with Gasteiger partial charge in [-0.3, -0.25) is 9.78 Å². The Morgan fingerprint density at radius 2 is 1.93 bits per heavy atom. The zero-order valence-corrected chi connectivity index (χ0v) is 17.5. The molecular weight excluding hydrogens is 376 g/mol. The number of piperidine rings is 1. The van der Waals surface area contributed by atoms with Gasteiger partial charge >= 0.3 is 0 Å². The number of aromatic nitrogens is 2. The molecule has 0 spiro atoms. The number of allylic oxidation sites excluding steroid dienone is 1. The van der Waals surface area contributed by atoms with E-state index < -0.39 is 5.91 Å². The van der Waals surface area contributed by atoms with E-state index in [1.165, 1.54) is 12.8 Å². The van der Waals surface area contributed by atoms with Crippen molar-refractivity contribution in [2.75, 3.05) is 29.2 Å². The van der Waals surface area contributed by atoms with Crippen LogP contribution in [0.5, 0.6) is 0 Å². The third kappa shape index (κ3) is 3.18. The smallest absolute Gasteiger partial charge is 0.252 e. The van der Waals surface area contributed by atoms with Crippen LogP contribution in [0.1, 0.15) is 47.3 Å². The Morgan fingerprint density at radius 1 is 1.17 bits per heavy atom. The summed E-state index contributed by atoms with van der Waals surface area (Å²) in [6, 6.07) is 5.50. The molecule has 30 heavy (non-hydrogen) atoms. The Kier molecular flexibility index (Phi) is 4.60. The lowest BCUT2D eigenvalue weighted by atomic mass is 9.96. The second-order valence-electron chi connectivity index (χ2n) is 8.75. The maximum Gasteiger partial charge on any atom is 0.252 e. The molecule has 2 bridgehead atoms. The molecule has 0 saturated carbocycles. The largest absolute Gasteiger partial charge is 0.381 e. The summed E-state index contributed by atoms with van der Waals surface area (Å²) in [6.07, 6.45) is 12.9. The molecule has 1 unspecified atom stereocenters. The fraction of sp³-hybridized carbons (Fsp3) is 0.435. The molecule has 1 amide bonds. The van der Waals surface area contributed by atoms with Gasteiger partial charge in [-0.25, -0.2) is 4.98 Å². The highest BCUT2D eigenvalue weighted by Gasteiger charge is 2.41. The zero-order chi connectivity index (χ0) is 20.8. The molecule has 2 aliphatic heterocycles. The van der Waals surface area contributed by atoms with Crippen LogP contribution >= 0.6 is 0 Å². The summed E-state index contributed by atoms with van der Waals surface area (Å²) in [5.74, 6) is 0.635. The Labute approximate surface area is 177 Å². The van der Waals surface area contributed by atoms with Gasteiger partial charge in [-0.1, -0.05) is 12.2 Å². The summed E-state index contributed by atoms with van der Waals surface area (Å²) in [4.78, 5) is 25.8. The normalized spacial score (nSPS) is 24.1. The molecule has 2 aromatic heterocycles. The predicted molar refractivity (Wildman–Crippen MR) is 120 cm³/mol. The number of pyridine rings is 2. The second-order valence-corrected chi connectivity index (χ2v) is 8.75. The number of primary amides is 1. The fourth-order valence-electron chi connectivity index (χ4n) is 5.21. The van der Waals surface area contributed by atoms with Crippen LogP contribution in [0, 0.1) is 0 Å². The topological polar surface area (TPSA) is 87.4 Å². The molecule has 3 N–H and O–H groups in total. The second kappa shape index (κ2) is 7.31. The van der Waals surface area contributed by atoms with Crippen molar-refractivity contribution in [2.45, 2.75) is 50.2 Å². The first-order valence-corrected chi connectivity index (χ1v) is 10.7. The lowest BCUT2D eigenvalue weighted by molar-refractivity contribution is 0.100. The monoisotopic (exact) mass is 404 g/mol. The molecule has 3 aliphatic rings. The van der Waals surface area contributed by atoms with Crippen LogP contribution in [0.2, 0.25) is 0 Å². The van der Waals surface area contributed by atoms with E-state index >= 15 is 0 Å². The highest BCUT2D eigenvalue weighted by molar-refractivity contribution is 6.00. The number of rotatable bonds is 5. The molecule has 0 radical (unpaired) electrons.